The van der Waals surface area contributed by atoms with Crippen molar-refractivity contribution in [1.82, 2.24) is 10.6 Å². The number of aliphatic hydroxyl groups excluding tert-OH is 1. The minimum Gasteiger partial charge on any atom is -0.390 e. The molecule has 6 nitrogen and oxygen atoms in total. The first kappa shape index (κ1) is 17.0. The van der Waals surface area contributed by atoms with Crippen LogP contribution >= 0.6 is 0 Å². The highest BCUT2D eigenvalue weighted by atomic mass is 16.3. The first-order valence-corrected chi connectivity index (χ1v) is 8.30. The van der Waals surface area contributed by atoms with E-state index >= 15 is 0 Å². The molecule has 0 saturated carbocycles. The fourth-order valence-corrected chi connectivity index (χ4v) is 3.06. The van der Waals surface area contributed by atoms with Gasteiger partial charge >= 0.3 is 6.03 Å². The number of amides is 3. The first-order valence-electron chi connectivity index (χ1n) is 8.30. The lowest BCUT2D eigenvalue weighted by Crippen LogP contribution is -2.36. The number of benzene rings is 2. The number of carbonyl (C=O) groups is 2. The molecule has 0 radical (unpaired) electrons. The minimum absolute atomic E-state index is 0.188. The fraction of sp³-hybridized carbons (Fsp3) is 0.263. The number of anilines is 1. The molecule has 0 heterocycles. The van der Waals surface area contributed by atoms with Crippen LogP contribution in [0.3, 0.4) is 0 Å². The molecule has 1 aliphatic rings. The molecule has 0 saturated heterocycles. The summed E-state index contributed by atoms with van der Waals surface area (Å²) in [6.07, 6.45) is -0.127. The number of carbonyl (C=O) groups excluding carboxylic acids is 2. The van der Waals surface area contributed by atoms with Gasteiger partial charge in [-0.25, -0.2) is 4.79 Å². The average molecular weight is 339 g/mol. The van der Waals surface area contributed by atoms with E-state index in [9.17, 15) is 14.7 Å². The van der Waals surface area contributed by atoms with Crippen LogP contribution < -0.4 is 16.0 Å². The van der Waals surface area contributed by atoms with Crippen molar-refractivity contribution in [2.45, 2.75) is 25.5 Å². The van der Waals surface area contributed by atoms with Crippen LogP contribution in [0, 0.1) is 0 Å². The number of nitrogens with one attached hydrogen (secondary N) is 3. The van der Waals surface area contributed by atoms with Crippen molar-refractivity contribution >= 4 is 17.6 Å². The van der Waals surface area contributed by atoms with Crippen LogP contribution in [0.1, 0.15) is 34.5 Å². The molecule has 6 heteroatoms. The number of fused-ring (bicyclic) bond motifs is 1. The lowest BCUT2D eigenvalue weighted by atomic mass is 10.1. The van der Waals surface area contributed by atoms with Crippen LogP contribution in [-0.4, -0.2) is 29.7 Å². The zero-order valence-corrected chi connectivity index (χ0v) is 14.0. The van der Waals surface area contributed by atoms with Gasteiger partial charge < -0.3 is 21.1 Å². The van der Waals surface area contributed by atoms with E-state index in [0.29, 0.717) is 24.2 Å². The van der Waals surface area contributed by atoms with E-state index in [1.807, 2.05) is 31.2 Å². The third-order valence-corrected chi connectivity index (χ3v) is 4.21. The second-order valence-electron chi connectivity index (χ2n) is 5.99. The van der Waals surface area contributed by atoms with E-state index in [1.54, 1.807) is 24.3 Å². The van der Waals surface area contributed by atoms with Gasteiger partial charge in [0.25, 0.3) is 5.91 Å². The average Bonchev–Trinajstić information content (AvgIpc) is 2.91. The third kappa shape index (κ3) is 3.80. The molecule has 25 heavy (non-hydrogen) atoms. The molecule has 0 fully saturated rings. The molecule has 2 atom stereocenters. The van der Waals surface area contributed by atoms with E-state index in [-0.39, 0.29) is 5.91 Å². The number of hydrogen-bond acceptors (Lipinski definition) is 3. The standard InChI is InChI=1S/C19H21N3O3/c1-2-20-18(24)13-7-5-8-14(10-13)21-19(25)22-17-15-9-4-3-6-12(15)11-16(17)23/h3-10,16-17,23H,2,11H2,1H3,(H,20,24)(H2,21,22,25)/t16-,17+/m0/s1. The highest BCUT2D eigenvalue weighted by Gasteiger charge is 2.31. The maximum Gasteiger partial charge on any atom is 0.319 e. The van der Waals surface area contributed by atoms with E-state index in [0.717, 1.165) is 11.1 Å². The Bertz CT molecular complexity index is 791. The van der Waals surface area contributed by atoms with Gasteiger partial charge in [0.2, 0.25) is 0 Å². The Kier molecular flexibility index (Phi) is 5.00. The first-order chi connectivity index (χ1) is 12.1. The molecular weight excluding hydrogens is 318 g/mol. The highest BCUT2D eigenvalue weighted by molar-refractivity contribution is 5.96. The maximum atomic E-state index is 12.3. The molecule has 2 aromatic carbocycles. The Morgan fingerprint density at radius 1 is 1.16 bits per heavy atom. The second kappa shape index (κ2) is 7.36. The summed E-state index contributed by atoms with van der Waals surface area (Å²) in [5, 5.41) is 18.4. The van der Waals surface area contributed by atoms with E-state index in [1.165, 1.54) is 0 Å². The molecule has 4 N–H and O–H groups in total. The topological polar surface area (TPSA) is 90.5 Å². The van der Waals surface area contributed by atoms with Crippen molar-refractivity contribution in [3.8, 4) is 0 Å². The number of aliphatic hydroxyl groups is 1. The van der Waals surface area contributed by atoms with Crippen LogP contribution in [0.25, 0.3) is 0 Å². The van der Waals surface area contributed by atoms with Crippen molar-refractivity contribution in [2.75, 3.05) is 11.9 Å². The van der Waals surface area contributed by atoms with Gasteiger partial charge in [0.15, 0.2) is 0 Å². The van der Waals surface area contributed by atoms with Crippen LogP contribution in [0.4, 0.5) is 10.5 Å². The smallest absolute Gasteiger partial charge is 0.319 e. The molecule has 0 bridgehead atoms. The summed E-state index contributed by atoms with van der Waals surface area (Å²) >= 11 is 0. The predicted octanol–water partition coefficient (Wildman–Crippen LogP) is 2.22. The van der Waals surface area contributed by atoms with Gasteiger partial charge in [0.05, 0.1) is 12.1 Å². The van der Waals surface area contributed by atoms with Gasteiger partial charge in [0, 0.05) is 24.2 Å². The Balaban J connectivity index is 1.67. The highest BCUT2D eigenvalue weighted by Crippen LogP contribution is 2.31. The molecule has 0 aliphatic heterocycles. The van der Waals surface area contributed by atoms with Crippen molar-refractivity contribution in [1.29, 1.82) is 0 Å². The Morgan fingerprint density at radius 3 is 2.76 bits per heavy atom. The summed E-state index contributed by atoms with van der Waals surface area (Å²) in [6.45, 7) is 2.38. The Hall–Kier alpha value is -2.86. The molecule has 0 spiro atoms. The lowest BCUT2D eigenvalue weighted by Gasteiger charge is -2.18. The summed E-state index contributed by atoms with van der Waals surface area (Å²) in [5.41, 5.74) is 2.97. The van der Waals surface area contributed by atoms with Gasteiger partial charge in [-0.1, -0.05) is 30.3 Å². The minimum atomic E-state index is -0.648. The molecule has 3 amide bonds. The van der Waals surface area contributed by atoms with Crippen molar-refractivity contribution in [2.24, 2.45) is 0 Å². The van der Waals surface area contributed by atoms with Crippen LogP contribution in [-0.2, 0) is 6.42 Å². The third-order valence-electron chi connectivity index (χ3n) is 4.21. The monoisotopic (exact) mass is 339 g/mol. The van der Waals surface area contributed by atoms with Crippen molar-refractivity contribution in [3.63, 3.8) is 0 Å². The van der Waals surface area contributed by atoms with E-state index < -0.39 is 18.2 Å². The van der Waals surface area contributed by atoms with Gasteiger partial charge in [-0.05, 0) is 36.2 Å². The van der Waals surface area contributed by atoms with Gasteiger partial charge in [-0.15, -0.1) is 0 Å². The number of urea groups is 1. The SMILES string of the molecule is CCNC(=O)c1cccc(NC(=O)N[C@@H]2c3ccccc3C[C@@H]2O)c1. The Morgan fingerprint density at radius 2 is 1.96 bits per heavy atom. The molecule has 2 aromatic rings. The lowest BCUT2D eigenvalue weighted by molar-refractivity contribution is 0.0956. The Labute approximate surface area is 146 Å². The molecule has 0 aromatic heterocycles. The predicted molar refractivity (Wildman–Crippen MR) is 95.5 cm³/mol. The molecular formula is C19H21N3O3. The van der Waals surface area contributed by atoms with Gasteiger partial charge in [-0.2, -0.15) is 0 Å². The van der Waals surface area contributed by atoms with Crippen molar-refractivity contribution < 1.29 is 14.7 Å². The summed E-state index contributed by atoms with van der Waals surface area (Å²) in [7, 11) is 0. The molecule has 0 unspecified atom stereocenters. The van der Waals surface area contributed by atoms with Crippen molar-refractivity contribution in [3.05, 3.63) is 65.2 Å². The summed E-state index contributed by atoms with van der Waals surface area (Å²) < 4.78 is 0. The van der Waals surface area contributed by atoms with Crippen LogP contribution in [0.5, 0.6) is 0 Å². The normalized spacial score (nSPS) is 18.3. The van der Waals surface area contributed by atoms with Crippen LogP contribution in [0.15, 0.2) is 48.5 Å². The summed E-state index contributed by atoms with van der Waals surface area (Å²) in [4.78, 5) is 24.2. The fourth-order valence-electron chi connectivity index (χ4n) is 3.06. The second-order valence-corrected chi connectivity index (χ2v) is 5.99. The van der Waals surface area contributed by atoms with Gasteiger partial charge in [-0.3, -0.25) is 4.79 Å². The number of rotatable bonds is 4. The summed E-state index contributed by atoms with van der Waals surface area (Å²) in [5.74, 6) is -0.188. The zero-order chi connectivity index (χ0) is 17.8. The largest absolute Gasteiger partial charge is 0.390 e. The quantitative estimate of drug-likeness (QED) is 0.688. The summed E-state index contributed by atoms with van der Waals surface area (Å²) in [6, 6.07) is 13.5. The zero-order valence-electron chi connectivity index (χ0n) is 14.0. The molecule has 3 rings (SSSR count). The van der Waals surface area contributed by atoms with E-state index in [4.69, 9.17) is 0 Å². The molecule has 130 valence electrons. The number of hydrogen-bond donors (Lipinski definition) is 4. The molecule has 1 aliphatic carbocycles. The van der Waals surface area contributed by atoms with E-state index in [2.05, 4.69) is 16.0 Å². The van der Waals surface area contributed by atoms with Crippen LogP contribution in [0.2, 0.25) is 0 Å². The maximum absolute atomic E-state index is 12.3. The van der Waals surface area contributed by atoms with Gasteiger partial charge in [0.1, 0.15) is 0 Å².